The number of cyclic esters (lactones) is 1. The first kappa shape index (κ1) is 20.7. The number of methoxy groups -OCH3 is 2. The minimum atomic E-state index is -1.80. The summed E-state index contributed by atoms with van der Waals surface area (Å²) in [6, 6.07) is 19.5. The zero-order valence-electron chi connectivity index (χ0n) is 17.1. The van der Waals surface area contributed by atoms with Crippen molar-refractivity contribution < 1.29 is 28.5 Å². The summed E-state index contributed by atoms with van der Waals surface area (Å²) < 4.78 is 29.4. The Morgan fingerprint density at radius 1 is 0.935 bits per heavy atom. The molecule has 1 aliphatic heterocycles. The van der Waals surface area contributed by atoms with E-state index in [1.54, 1.807) is 74.9 Å². The Hall–Kier alpha value is -3.58. The molecule has 1 amide bonds. The van der Waals surface area contributed by atoms with Gasteiger partial charge < -0.3 is 19.3 Å². The second-order valence-electron chi connectivity index (χ2n) is 7.20. The van der Waals surface area contributed by atoms with Crippen molar-refractivity contribution in [1.29, 1.82) is 0 Å². The fraction of sp³-hybridized carbons (Fsp3) is 0.208. The number of carbonyl (C=O) groups is 1. The van der Waals surface area contributed by atoms with Crippen LogP contribution in [0.25, 0.3) is 0 Å². The van der Waals surface area contributed by atoms with Crippen molar-refractivity contribution in [1.82, 2.24) is 4.90 Å². The summed E-state index contributed by atoms with van der Waals surface area (Å²) >= 11 is 0. The van der Waals surface area contributed by atoms with E-state index in [4.69, 9.17) is 14.2 Å². The number of hydrogen-bond acceptors (Lipinski definition) is 5. The Kier molecular flexibility index (Phi) is 5.52. The summed E-state index contributed by atoms with van der Waals surface area (Å²) in [6.45, 7) is 0.0360. The fourth-order valence-corrected chi connectivity index (χ4v) is 3.71. The summed E-state index contributed by atoms with van der Waals surface area (Å²) in [5, 5.41) is 11.9. The van der Waals surface area contributed by atoms with E-state index in [0.29, 0.717) is 28.2 Å². The lowest BCUT2D eigenvalue weighted by Crippen LogP contribution is -2.45. The molecule has 0 unspecified atom stereocenters. The van der Waals surface area contributed by atoms with Crippen LogP contribution >= 0.6 is 0 Å². The van der Waals surface area contributed by atoms with Gasteiger partial charge >= 0.3 is 6.09 Å². The van der Waals surface area contributed by atoms with Crippen LogP contribution in [-0.4, -0.2) is 30.3 Å². The number of halogens is 1. The third kappa shape index (κ3) is 3.80. The topological polar surface area (TPSA) is 68.2 Å². The molecule has 0 aromatic heterocycles. The molecule has 0 spiro atoms. The SMILES string of the molecule is COc1ccc([C@H]2OC(=O)N(Cc3ccc(F)cc3)[C@@]2(O)c2ccc(OC)cc2)cc1. The molecule has 0 radical (unpaired) electrons. The Labute approximate surface area is 179 Å². The van der Waals surface area contributed by atoms with Crippen molar-refractivity contribution >= 4 is 6.09 Å². The normalized spacial score (nSPS) is 20.5. The number of nitrogens with zero attached hydrogens (tertiary/aromatic N) is 1. The first-order valence-electron chi connectivity index (χ1n) is 9.69. The van der Waals surface area contributed by atoms with Gasteiger partial charge in [-0.05, 0) is 47.5 Å². The number of aliphatic hydroxyl groups is 1. The number of carbonyl (C=O) groups excluding carboxylic acids is 1. The molecule has 0 saturated carbocycles. The Morgan fingerprint density at radius 2 is 1.48 bits per heavy atom. The predicted octanol–water partition coefficient (Wildman–Crippen LogP) is 4.38. The van der Waals surface area contributed by atoms with Gasteiger partial charge in [-0.1, -0.05) is 36.4 Å². The van der Waals surface area contributed by atoms with E-state index >= 15 is 0 Å². The van der Waals surface area contributed by atoms with E-state index < -0.39 is 17.9 Å². The highest BCUT2D eigenvalue weighted by atomic mass is 19.1. The molecule has 2 atom stereocenters. The fourth-order valence-electron chi connectivity index (χ4n) is 3.71. The first-order valence-corrected chi connectivity index (χ1v) is 9.69. The average molecular weight is 423 g/mol. The van der Waals surface area contributed by atoms with E-state index in [9.17, 15) is 14.3 Å². The van der Waals surface area contributed by atoms with Gasteiger partial charge in [-0.15, -0.1) is 0 Å². The van der Waals surface area contributed by atoms with Crippen molar-refractivity contribution in [2.24, 2.45) is 0 Å². The zero-order valence-corrected chi connectivity index (χ0v) is 17.1. The van der Waals surface area contributed by atoms with Crippen LogP contribution < -0.4 is 9.47 Å². The minimum Gasteiger partial charge on any atom is -0.497 e. The molecule has 1 saturated heterocycles. The molecule has 1 aliphatic rings. The third-order valence-electron chi connectivity index (χ3n) is 5.40. The standard InChI is InChI=1S/C24H22FNO5/c1-29-20-11-5-17(6-12-20)22-24(28,18-7-13-21(30-2)14-8-18)26(23(27)31-22)15-16-3-9-19(25)10-4-16/h3-14,22,28H,15H2,1-2H3/t22-,24-/m1/s1. The smallest absolute Gasteiger partial charge is 0.413 e. The lowest BCUT2D eigenvalue weighted by atomic mass is 9.91. The second kappa shape index (κ2) is 8.28. The molecule has 6 nitrogen and oxygen atoms in total. The van der Waals surface area contributed by atoms with Crippen LogP contribution in [-0.2, 0) is 17.0 Å². The van der Waals surface area contributed by atoms with Crippen LogP contribution in [0.4, 0.5) is 9.18 Å². The lowest BCUT2D eigenvalue weighted by molar-refractivity contribution is -0.113. The zero-order chi connectivity index (χ0) is 22.0. The molecule has 31 heavy (non-hydrogen) atoms. The van der Waals surface area contributed by atoms with Crippen molar-refractivity contribution in [3.05, 3.63) is 95.3 Å². The van der Waals surface area contributed by atoms with Crippen LogP contribution in [0, 0.1) is 5.82 Å². The van der Waals surface area contributed by atoms with Gasteiger partial charge in [0.2, 0.25) is 5.72 Å². The van der Waals surface area contributed by atoms with Crippen LogP contribution in [0.5, 0.6) is 11.5 Å². The molecule has 3 aromatic carbocycles. The van der Waals surface area contributed by atoms with Crippen molar-refractivity contribution in [3.63, 3.8) is 0 Å². The summed E-state index contributed by atoms with van der Waals surface area (Å²) in [5.74, 6) is 0.877. The van der Waals surface area contributed by atoms with Crippen LogP contribution in [0.15, 0.2) is 72.8 Å². The summed E-state index contributed by atoms with van der Waals surface area (Å²) in [4.78, 5) is 14.1. The third-order valence-corrected chi connectivity index (χ3v) is 5.40. The number of hydrogen-bond donors (Lipinski definition) is 1. The van der Waals surface area contributed by atoms with E-state index in [0.717, 1.165) is 0 Å². The maximum Gasteiger partial charge on any atom is 0.413 e. The molecule has 3 aromatic rings. The van der Waals surface area contributed by atoms with Gasteiger partial charge in [0, 0.05) is 5.56 Å². The monoisotopic (exact) mass is 423 g/mol. The Bertz CT molecular complexity index is 1050. The van der Waals surface area contributed by atoms with E-state index in [-0.39, 0.29) is 12.4 Å². The van der Waals surface area contributed by atoms with Gasteiger partial charge in [0.15, 0.2) is 6.10 Å². The van der Waals surface area contributed by atoms with Gasteiger partial charge in [0.25, 0.3) is 0 Å². The van der Waals surface area contributed by atoms with Gasteiger partial charge in [-0.25, -0.2) is 9.18 Å². The molecular weight excluding hydrogens is 401 g/mol. The molecule has 160 valence electrons. The molecule has 0 aliphatic carbocycles. The maximum absolute atomic E-state index is 13.3. The summed E-state index contributed by atoms with van der Waals surface area (Å²) in [6.07, 6.45) is -1.66. The van der Waals surface area contributed by atoms with Gasteiger partial charge in [-0.2, -0.15) is 0 Å². The number of amides is 1. The number of ether oxygens (including phenoxy) is 3. The van der Waals surface area contributed by atoms with Gasteiger partial charge in [0.1, 0.15) is 17.3 Å². The van der Waals surface area contributed by atoms with Crippen LogP contribution in [0.2, 0.25) is 0 Å². The van der Waals surface area contributed by atoms with Gasteiger partial charge in [-0.3, -0.25) is 4.90 Å². The van der Waals surface area contributed by atoms with Crippen molar-refractivity contribution in [2.75, 3.05) is 14.2 Å². The number of rotatable bonds is 6. The Morgan fingerprint density at radius 3 is 2.03 bits per heavy atom. The highest BCUT2D eigenvalue weighted by Crippen LogP contribution is 2.47. The highest BCUT2D eigenvalue weighted by molar-refractivity contribution is 5.72. The molecule has 7 heteroatoms. The molecule has 1 N–H and O–H groups in total. The minimum absolute atomic E-state index is 0.0360. The van der Waals surface area contributed by atoms with E-state index in [1.807, 2.05) is 0 Å². The maximum atomic E-state index is 13.3. The van der Waals surface area contributed by atoms with Gasteiger partial charge in [0.05, 0.1) is 20.8 Å². The highest BCUT2D eigenvalue weighted by Gasteiger charge is 2.56. The first-order chi connectivity index (χ1) is 15.0. The second-order valence-corrected chi connectivity index (χ2v) is 7.20. The average Bonchev–Trinajstić information content (AvgIpc) is 3.06. The molecule has 1 heterocycles. The lowest BCUT2D eigenvalue weighted by Gasteiger charge is -2.35. The number of benzene rings is 3. The summed E-state index contributed by atoms with van der Waals surface area (Å²) in [7, 11) is 3.11. The predicted molar refractivity (Wildman–Crippen MR) is 111 cm³/mol. The Balaban J connectivity index is 1.78. The van der Waals surface area contributed by atoms with Crippen LogP contribution in [0.1, 0.15) is 22.8 Å². The van der Waals surface area contributed by atoms with E-state index in [1.165, 1.54) is 17.0 Å². The molecular formula is C24H22FNO5. The largest absolute Gasteiger partial charge is 0.497 e. The van der Waals surface area contributed by atoms with Crippen molar-refractivity contribution in [3.8, 4) is 11.5 Å². The molecule has 1 fully saturated rings. The van der Waals surface area contributed by atoms with Crippen molar-refractivity contribution in [2.45, 2.75) is 18.4 Å². The quantitative estimate of drug-likeness (QED) is 0.637. The van der Waals surface area contributed by atoms with E-state index in [2.05, 4.69) is 0 Å². The molecule has 0 bridgehead atoms. The summed E-state index contributed by atoms with van der Waals surface area (Å²) in [5.41, 5.74) is -0.0800. The molecule has 4 rings (SSSR count). The van der Waals surface area contributed by atoms with Crippen LogP contribution in [0.3, 0.4) is 0 Å².